The van der Waals surface area contributed by atoms with Gasteiger partial charge in [-0.2, -0.15) is 18.3 Å². The average Bonchev–Trinajstić information content (AvgIpc) is 3.87. The van der Waals surface area contributed by atoms with Crippen LogP contribution in [0.4, 0.5) is 30.2 Å². The van der Waals surface area contributed by atoms with Crippen LogP contribution in [0.2, 0.25) is 0 Å². The maximum atomic E-state index is 13.5. The number of benzene rings is 2. The highest BCUT2D eigenvalue weighted by Gasteiger charge is 2.48. The number of anilines is 2. The second-order valence-corrected chi connectivity index (χ2v) is 15.3. The van der Waals surface area contributed by atoms with Gasteiger partial charge < -0.3 is 15.1 Å². The van der Waals surface area contributed by atoms with Gasteiger partial charge in [0.05, 0.1) is 29.5 Å². The van der Waals surface area contributed by atoms with Gasteiger partial charge in [0.1, 0.15) is 11.6 Å². The summed E-state index contributed by atoms with van der Waals surface area (Å²) in [6, 6.07) is 7.44. The van der Waals surface area contributed by atoms with Crippen LogP contribution < -0.4 is 15.5 Å². The predicted octanol–water partition coefficient (Wildman–Crippen LogP) is 5.08. The molecule has 0 spiro atoms. The molecule has 4 fully saturated rings. The molecule has 2 aromatic carbocycles. The Hall–Kier alpha value is -5.56. The second-order valence-electron chi connectivity index (χ2n) is 15.3. The van der Waals surface area contributed by atoms with Gasteiger partial charge in [0.15, 0.2) is 5.69 Å². The molecule has 3 aromatic rings. The maximum absolute atomic E-state index is 13.5. The van der Waals surface area contributed by atoms with Crippen LogP contribution in [0.15, 0.2) is 48.8 Å². The SMILES string of the molecule is [C-]#[N+]c1ccc(NC(=O)C2(n3cc(C4CCN(CC5CCN(c6ccc7c(c6)C(=O)N(C6CCC(=O)NC6=O)C7=O)C5)CC4)cn3)CCC2)cc1C(F)(F)F. The quantitative estimate of drug-likeness (QED) is 0.240. The third-order valence-corrected chi connectivity index (χ3v) is 12.0. The van der Waals surface area contributed by atoms with Crippen molar-refractivity contribution in [1.82, 2.24) is 24.9 Å². The van der Waals surface area contributed by atoms with E-state index in [2.05, 4.69) is 30.4 Å². The summed E-state index contributed by atoms with van der Waals surface area (Å²) in [5.74, 6) is -1.84. The van der Waals surface area contributed by atoms with Gasteiger partial charge >= 0.3 is 6.18 Å². The lowest BCUT2D eigenvalue weighted by atomic mass is 9.76. The van der Waals surface area contributed by atoms with Crippen molar-refractivity contribution in [2.75, 3.05) is 42.9 Å². The topological polar surface area (TPSA) is 141 Å². The molecule has 3 saturated heterocycles. The first kappa shape index (κ1) is 36.4. The third-order valence-electron chi connectivity index (χ3n) is 12.0. The molecule has 2 N–H and O–H groups in total. The average molecular weight is 757 g/mol. The van der Waals surface area contributed by atoms with Crippen molar-refractivity contribution in [1.29, 1.82) is 0 Å². The molecule has 5 amide bonds. The highest BCUT2D eigenvalue weighted by molar-refractivity contribution is 6.23. The van der Waals surface area contributed by atoms with Gasteiger partial charge in [0, 0.05) is 43.6 Å². The van der Waals surface area contributed by atoms with Gasteiger partial charge in [-0.05, 0) is 106 Å². The number of hydrogen-bond acceptors (Lipinski definition) is 8. The van der Waals surface area contributed by atoms with Crippen molar-refractivity contribution < 1.29 is 37.1 Å². The normalized spacial score (nSPS) is 23.0. The molecule has 16 heteroatoms. The molecular formula is C39H39F3N8O5. The highest BCUT2D eigenvalue weighted by Crippen LogP contribution is 2.43. The zero-order valence-corrected chi connectivity index (χ0v) is 29.9. The Balaban J connectivity index is 0.849. The Morgan fingerprint density at radius 1 is 0.982 bits per heavy atom. The molecule has 5 heterocycles. The Kier molecular flexibility index (Phi) is 9.23. The van der Waals surface area contributed by atoms with Crippen molar-refractivity contribution in [3.8, 4) is 0 Å². The monoisotopic (exact) mass is 756 g/mol. The first-order chi connectivity index (χ1) is 26.3. The van der Waals surface area contributed by atoms with Crippen molar-refractivity contribution >= 4 is 46.6 Å². The number of aromatic nitrogens is 2. The first-order valence-corrected chi connectivity index (χ1v) is 18.6. The number of carbonyl (C=O) groups excluding carboxylic acids is 5. The molecule has 13 nitrogen and oxygen atoms in total. The summed E-state index contributed by atoms with van der Waals surface area (Å²) in [6.45, 7) is 11.4. The van der Waals surface area contributed by atoms with Gasteiger partial charge in [0.25, 0.3) is 17.7 Å². The van der Waals surface area contributed by atoms with Crippen LogP contribution in [0.1, 0.15) is 89.1 Å². The van der Waals surface area contributed by atoms with Gasteiger partial charge in [-0.3, -0.25) is 38.9 Å². The highest BCUT2D eigenvalue weighted by atomic mass is 19.4. The van der Waals surface area contributed by atoms with E-state index in [-0.39, 0.29) is 35.6 Å². The number of rotatable bonds is 8. The number of halogens is 3. The number of hydrogen-bond donors (Lipinski definition) is 2. The molecular weight excluding hydrogens is 717 g/mol. The molecule has 5 aliphatic rings. The van der Waals surface area contributed by atoms with E-state index >= 15 is 0 Å². The lowest BCUT2D eigenvalue weighted by molar-refractivity contribution is -0.137. The zero-order valence-electron chi connectivity index (χ0n) is 29.9. The van der Waals surface area contributed by atoms with Crippen LogP contribution in [-0.4, -0.2) is 87.9 Å². The number of piperidine rings is 2. The molecule has 1 aliphatic carbocycles. The summed E-state index contributed by atoms with van der Waals surface area (Å²) in [7, 11) is 0. The van der Waals surface area contributed by atoms with E-state index in [1.54, 1.807) is 23.0 Å². The van der Waals surface area contributed by atoms with Gasteiger partial charge in [-0.1, -0.05) is 6.07 Å². The molecule has 0 bridgehead atoms. The van der Waals surface area contributed by atoms with Crippen molar-refractivity contribution in [3.63, 3.8) is 0 Å². The number of imide groups is 2. The Labute approximate surface area is 314 Å². The number of carbonyl (C=O) groups is 5. The number of nitrogens with zero attached hydrogens (tertiary/aromatic N) is 6. The Morgan fingerprint density at radius 2 is 1.75 bits per heavy atom. The van der Waals surface area contributed by atoms with E-state index in [0.29, 0.717) is 18.8 Å². The standard InChI is InChI=1S/C39H39F3N8O5/c1-43-31-6-3-26(17-30(31)39(40,41)42)45-37(55)38(12-2-13-38)49-22-25(19-44-49)24-10-14-47(15-11-24)20-23-9-16-48(21-23)27-4-5-28-29(18-27)36(54)50(35(28)53)32-7-8-33(51)46-34(32)52/h3-6,17-19,22-24,32H,2,7-16,20-21H2,(H,45,55)(H,46,51,52). The van der Waals surface area contributed by atoms with E-state index in [4.69, 9.17) is 6.57 Å². The summed E-state index contributed by atoms with van der Waals surface area (Å²) >= 11 is 0. The lowest BCUT2D eigenvalue weighted by Crippen LogP contribution is -2.54. The number of likely N-dealkylation sites (tertiary alicyclic amines) is 1. The molecule has 286 valence electrons. The van der Waals surface area contributed by atoms with Crippen molar-refractivity contribution in [3.05, 3.63) is 82.5 Å². The smallest absolute Gasteiger partial charge is 0.371 e. The molecule has 8 rings (SSSR count). The van der Waals surface area contributed by atoms with Crippen LogP contribution in [0.5, 0.6) is 0 Å². The summed E-state index contributed by atoms with van der Waals surface area (Å²) in [5, 5.41) is 9.46. The largest absolute Gasteiger partial charge is 0.407 e. The van der Waals surface area contributed by atoms with E-state index < -0.39 is 58.5 Å². The molecule has 0 radical (unpaired) electrons. The number of alkyl halides is 3. The zero-order chi connectivity index (χ0) is 38.6. The summed E-state index contributed by atoms with van der Waals surface area (Å²) in [6.07, 6.45) is 3.80. The minimum Gasteiger partial charge on any atom is -0.371 e. The number of nitrogens with one attached hydrogen (secondary N) is 2. The number of fused-ring (bicyclic) bond motifs is 1. The maximum Gasteiger partial charge on any atom is 0.407 e. The molecule has 1 saturated carbocycles. The van der Waals surface area contributed by atoms with Crippen LogP contribution in [0.25, 0.3) is 4.85 Å². The molecule has 4 aliphatic heterocycles. The van der Waals surface area contributed by atoms with Crippen LogP contribution in [-0.2, 0) is 26.1 Å². The molecule has 1 aromatic heterocycles. The van der Waals surface area contributed by atoms with Gasteiger partial charge in [-0.25, -0.2) is 4.85 Å². The van der Waals surface area contributed by atoms with E-state index in [9.17, 15) is 37.1 Å². The van der Waals surface area contributed by atoms with Gasteiger partial charge in [-0.15, -0.1) is 0 Å². The van der Waals surface area contributed by atoms with Crippen molar-refractivity contribution in [2.24, 2.45) is 5.92 Å². The minimum atomic E-state index is -4.72. The molecule has 2 unspecified atom stereocenters. The van der Waals surface area contributed by atoms with Crippen LogP contribution >= 0.6 is 0 Å². The summed E-state index contributed by atoms with van der Waals surface area (Å²) in [4.78, 5) is 72.7. The summed E-state index contributed by atoms with van der Waals surface area (Å²) in [5.41, 5.74) is -0.182. The Morgan fingerprint density at radius 3 is 2.44 bits per heavy atom. The lowest BCUT2D eigenvalue weighted by Gasteiger charge is -2.40. The van der Waals surface area contributed by atoms with E-state index in [1.165, 1.54) is 6.07 Å². The molecule has 55 heavy (non-hydrogen) atoms. The number of amides is 5. The third kappa shape index (κ3) is 6.64. The Bertz CT molecular complexity index is 2130. The van der Waals surface area contributed by atoms with E-state index in [0.717, 1.165) is 86.7 Å². The van der Waals surface area contributed by atoms with Crippen molar-refractivity contribution in [2.45, 2.75) is 75.0 Å². The minimum absolute atomic E-state index is 0.0154. The second kappa shape index (κ2) is 13.9. The van der Waals surface area contributed by atoms with E-state index in [1.807, 2.05) is 12.3 Å². The first-order valence-electron chi connectivity index (χ1n) is 18.6. The fourth-order valence-electron chi connectivity index (χ4n) is 8.73. The fourth-order valence-corrected chi connectivity index (χ4v) is 8.73. The summed E-state index contributed by atoms with van der Waals surface area (Å²) < 4.78 is 42.3. The molecule has 2 atom stereocenters. The van der Waals surface area contributed by atoms with Gasteiger partial charge in [0.2, 0.25) is 11.8 Å². The fraction of sp³-hybridized carbons (Fsp3) is 0.462. The van der Waals surface area contributed by atoms with Crippen LogP contribution in [0.3, 0.4) is 0 Å². The predicted molar refractivity (Wildman–Crippen MR) is 192 cm³/mol. The van der Waals surface area contributed by atoms with Crippen LogP contribution in [0, 0.1) is 12.5 Å².